The fourth-order valence-corrected chi connectivity index (χ4v) is 2.40. The van der Waals surface area contributed by atoms with E-state index in [0.29, 0.717) is 0 Å². The summed E-state index contributed by atoms with van der Waals surface area (Å²) in [4.78, 5) is 0. The van der Waals surface area contributed by atoms with Crippen molar-refractivity contribution in [2.75, 3.05) is 0 Å². The maximum absolute atomic E-state index is 6.05. The smallest absolute Gasteiger partial charge is 0.142 e. The van der Waals surface area contributed by atoms with Crippen molar-refractivity contribution in [2.45, 2.75) is 12.5 Å². The molecule has 1 unspecified atom stereocenters. The van der Waals surface area contributed by atoms with Crippen molar-refractivity contribution in [1.29, 1.82) is 0 Å². The Morgan fingerprint density at radius 3 is 2.83 bits per heavy atom. The van der Waals surface area contributed by atoms with Gasteiger partial charge in [0, 0.05) is 17.2 Å². The number of hydrogen-bond acceptors (Lipinski definition) is 2. The first-order valence-electron chi connectivity index (χ1n) is 6.11. The molecule has 1 heterocycles. The minimum atomic E-state index is 0.0334. The molecule has 3 rings (SSSR count). The summed E-state index contributed by atoms with van der Waals surface area (Å²) >= 11 is 0. The van der Waals surface area contributed by atoms with Gasteiger partial charge in [0.2, 0.25) is 0 Å². The Morgan fingerprint density at radius 2 is 2.00 bits per heavy atom. The Hall–Kier alpha value is -2.22. The van der Waals surface area contributed by atoms with Gasteiger partial charge in [-0.3, -0.25) is 0 Å². The van der Waals surface area contributed by atoms with Crippen molar-refractivity contribution in [3.05, 3.63) is 71.3 Å². The molecule has 18 heavy (non-hydrogen) atoms. The van der Waals surface area contributed by atoms with Gasteiger partial charge in [-0.25, -0.2) is 0 Å². The van der Waals surface area contributed by atoms with E-state index < -0.39 is 0 Å². The second-order valence-electron chi connectivity index (χ2n) is 4.34. The van der Waals surface area contributed by atoms with Gasteiger partial charge in [0.15, 0.2) is 0 Å². The fourth-order valence-electron chi connectivity index (χ4n) is 2.40. The molecule has 1 atom stereocenters. The first-order chi connectivity index (χ1) is 8.90. The van der Waals surface area contributed by atoms with E-state index in [1.165, 1.54) is 16.0 Å². The zero-order valence-electron chi connectivity index (χ0n) is 10.0. The van der Waals surface area contributed by atoms with E-state index in [9.17, 15) is 0 Å². The number of benzene rings is 1. The van der Waals surface area contributed by atoms with Crippen LogP contribution in [0.25, 0.3) is 11.3 Å². The lowest BCUT2D eigenvalue weighted by molar-refractivity contribution is 0.247. The van der Waals surface area contributed by atoms with Gasteiger partial charge in [-0.05, 0) is 17.5 Å². The van der Waals surface area contributed by atoms with Gasteiger partial charge in [0.1, 0.15) is 11.9 Å². The van der Waals surface area contributed by atoms with Crippen LogP contribution in [0, 0.1) is 0 Å². The molecule has 0 spiro atoms. The van der Waals surface area contributed by atoms with Gasteiger partial charge in [-0.1, -0.05) is 48.6 Å². The van der Waals surface area contributed by atoms with Crippen LogP contribution in [0.4, 0.5) is 0 Å². The Morgan fingerprint density at radius 1 is 1.17 bits per heavy atom. The van der Waals surface area contributed by atoms with Crippen molar-refractivity contribution in [3.63, 3.8) is 0 Å². The lowest BCUT2D eigenvalue weighted by Crippen LogP contribution is -2.38. The zero-order valence-corrected chi connectivity index (χ0v) is 10.0. The molecule has 0 bridgehead atoms. The third kappa shape index (κ3) is 1.76. The monoisotopic (exact) mass is 237 g/mol. The third-order valence-corrected chi connectivity index (χ3v) is 3.23. The predicted octanol–water partition coefficient (Wildman–Crippen LogP) is 1.33. The van der Waals surface area contributed by atoms with Gasteiger partial charge < -0.3 is 10.5 Å². The van der Waals surface area contributed by atoms with Crippen LogP contribution < -0.4 is 16.2 Å². The summed E-state index contributed by atoms with van der Waals surface area (Å²) in [5.74, 6) is 0.987. The molecule has 1 aromatic carbocycles. The summed E-state index contributed by atoms with van der Waals surface area (Å²) in [5, 5.41) is 2.43. The molecule has 1 aliphatic heterocycles. The SMILES string of the molecule is NC=CCC1=c2ccccc2=C2C=CC=CC2O1. The summed E-state index contributed by atoms with van der Waals surface area (Å²) in [6.45, 7) is 0. The van der Waals surface area contributed by atoms with Crippen LogP contribution in [0.5, 0.6) is 0 Å². The normalized spacial score (nSPS) is 20.8. The Labute approximate surface area is 106 Å². The zero-order chi connectivity index (χ0) is 12.4. The first kappa shape index (κ1) is 10.9. The summed E-state index contributed by atoms with van der Waals surface area (Å²) in [6.07, 6.45) is 12.5. The van der Waals surface area contributed by atoms with E-state index in [-0.39, 0.29) is 6.10 Å². The molecule has 2 nitrogen and oxygen atoms in total. The number of hydrogen-bond donors (Lipinski definition) is 1. The number of allylic oxidation sites excluding steroid dienone is 2. The second kappa shape index (κ2) is 4.57. The number of nitrogens with two attached hydrogens (primary N) is 1. The Kier molecular flexibility index (Phi) is 2.77. The third-order valence-electron chi connectivity index (χ3n) is 3.23. The predicted molar refractivity (Wildman–Crippen MR) is 73.6 cm³/mol. The van der Waals surface area contributed by atoms with Crippen LogP contribution in [0.15, 0.2) is 60.8 Å². The Bertz CT molecular complexity index is 665. The fraction of sp³-hybridized carbons (Fsp3) is 0.125. The van der Waals surface area contributed by atoms with Crippen LogP contribution >= 0.6 is 0 Å². The van der Waals surface area contributed by atoms with Crippen molar-refractivity contribution in [2.24, 2.45) is 5.73 Å². The van der Waals surface area contributed by atoms with Crippen molar-refractivity contribution in [1.82, 2.24) is 0 Å². The molecule has 0 fully saturated rings. The Balaban J connectivity index is 2.27. The molecule has 0 saturated heterocycles. The van der Waals surface area contributed by atoms with Gasteiger partial charge in [-0.15, -0.1) is 0 Å². The molecular weight excluding hydrogens is 222 g/mol. The van der Waals surface area contributed by atoms with Gasteiger partial charge >= 0.3 is 0 Å². The quantitative estimate of drug-likeness (QED) is 0.842. The van der Waals surface area contributed by atoms with E-state index in [1.807, 2.05) is 18.2 Å². The van der Waals surface area contributed by atoms with E-state index >= 15 is 0 Å². The molecular formula is C16H15NO. The number of rotatable bonds is 2. The maximum Gasteiger partial charge on any atom is 0.142 e. The topological polar surface area (TPSA) is 35.2 Å². The number of fused-ring (bicyclic) bond motifs is 2. The van der Waals surface area contributed by atoms with Crippen LogP contribution in [-0.4, -0.2) is 6.10 Å². The summed E-state index contributed by atoms with van der Waals surface area (Å²) in [6, 6.07) is 8.36. The van der Waals surface area contributed by atoms with Crippen LogP contribution in [0.1, 0.15) is 6.42 Å². The lowest BCUT2D eigenvalue weighted by Gasteiger charge is -2.25. The van der Waals surface area contributed by atoms with Crippen molar-refractivity contribution < 1.29 is 4.74 Å². The van der Waals surface area contributed by atoms with Gasteiger partial charge in [0.25, 0.3) is 0 Å². The van der Waals surface area contributed by atoms with E-state index in [1.54, 1.807) is 6.20 Å². The average Bonchev–Trinajstić information content (AvgIpc) is 2.45. The molecule has 0 aromatic heterocycles. The molecule has 0 amide bonds. The molecule has 1 aromatic rings. The van der Waals surface area contributed by atoms with Crippen LogP contribution in [0.3, 0.4) is 0 Å². The summed E-state index contributed by atoms with van der Waals surface area (Å²) in [7, 11) is 0. The van der Waals surface area contributed by atoms with E-state index in [4.69, 9.17) is 10.5 Å². The molecule has 0 radical (unpaired) electrons. The highest BCUT2D eigenvalue weighted by Crippen LogP contribution is 2.21. The van der Waals surface area contributed by atoms with Gasteiger partial charge in [0.05, 0.1) is 0 Å². The second-order valence-corrected chi connectivity index (χ2v) is 4.34. The van der Waals surface area contributed by atoms with Crippen LogP contribution in [-0.2, 0) is 4.74 Å². The average molecular weight is 237 g/mol. The summed E-state index contributed by atoms with van der Waals surface area (Å²) < 4.78 is 6.05. The molecule has 90 valence electrons. The summed E-state index contributed by atoms with van der Waals surface area (Å²) in [5.41, 5.74) is 6.65. The van der Waals surface area contributed by atoms with E-state index in [0.717, 1.165) is 12.2 Å². The van der Waals surface area contributed by atoms with E-state index in [2.05, 4.69) is 36.4 Å². The highest BCUT2D eigenvalue weighted by Gasteiger charge is 2.19. The molecule has 2 aliphatic rings. The number of ether oxygens (including phenoxy) is 1. The van der Waals surface area contributed by atoms with Crippen LogP contribution in [0.2, 0.25) is 0 Å². The molecule has 1 aliphatic carbocycles. The lowest BCUT2D eigenvalue weighted by atomic mass is 9.97. The molecule has 0 saturated carbocycles. The van der Waals surface area contributed by atoms with Crippen molar-refractivity contribution in [3.8, 4) is 0 Å². The molecule has 2 N–H and O–H groups in total. The first-order valence-corrected chi connectivity index (χ1v) is 6.11. The maximum atomic E-state index is 6.05. The highest BCUT2D eigenvalue weighted by molar-refractivity contribution is 5.69. The standard InChI is InChI=1S/C16H15NO/c17-11-5-10-16-14-7-2-1-6-12(14)13-8-3-4-9-15(13)18-16/h1-9,11,15H,10,17H2. The molecule has 2 heteroatoms. The largest absolute Gasteiger partial charge is 0.485 e. The van der Waals surface area contributed by atoms with Gasteiger partial charge in [-0.2, -0.15) is 0 Å². The van der Waals surface area contributed by atoms with Crippen molar-refractivity contribution >= 4 is 11.3 Å². The minimum absolute atomic E-state index is 0.0334. The highest BCUT2D eigenvalue weighted by atomic mass is 16.5. The minimum Gasteiger partial charge on any atom is -0.485 e.